The van der Waals surface area contributed by atoms with Crippen molar-refractivity contribution in [3.63, 3.8) is 0 Å². The Kier molecular flexibility index (Phi) is 6.45. The van der Waals surface area contributed by atoms with Crippen molar-refractivity contribution in [1.29, 1.82) is 0 Å². The molecule has 2 aromatic rings. The van der Waals surface area contributed by atoms with Crippen LogP contribution in [-0.4, -0.2) is 50.1 Å². The number of aryl methyl sites for hydroxylation is 1. The van der Waals surface area contributed by atoms with Gasteiger partial charge in [0.2, 0.25) is 0 Å². The molecule has 1 saturated heterocycles. The van der Waals surface area contributed by atoms with Crippen LogP contribution >= 0.6 is 12.4 Å². The molecule has 0 aliphatic carbocycles. The molecule has 1 aliphatic heterocycles. The summed E-state index contributed by atoms with van der Waals surface area (Å²) in [6.45, 7) is 7.95. The van der Waals surface area contributed by atoms with Gasteiger partial charge in [-0.25, -0.2) is 0 Å². The van der Waals surface area contributed by atoms with Crippen molar-refractivity contribution >= 4 is 29.3 Å². The zero-order chi connectivity index (χ0) is 15.4. The summed E-state index contributed by atoms with van der Waals surface area (Å²) >= 11 is 0. The second-order valence-corrected chi connectivity index (χ2v) is 5.75. The highest BCUT2D eigenvalue weighted by atomic mass is 35.5. The van der Waals surface area contributed by atoms with Gasteiger partial charge in [0.05, 0.1) is 0 Å². The molecule has 0 atom stereocenters. The highest BCUT2D eigenvalue weighted by Crippen LogP contribution is 2.24. The lowest BCUT2D eigenvalue weighted by molar-refractivity contribution is 0.0925. The van der Waals surface area contributed by atoms with Crippen LogP contribution in [0.3, 0.4) is 0 Å². The smallest absolute Gasteiger partial charge is 0.287 e. The van der Waals surface area contributed by atoms with Crippen LogP contribution in [0.2, 0.25) is 0 Å². The van der Waals surface area contributed by atoms with Gasteiger partial charge in [0, 0.05) is 43.7 Å². The van der Waals surface area contributed by atoms with Crippen molar-refractivity contribution in [2.45, 2.75) is 13.3 Å². The van der Waals surface area contributed by atoms with Gasteiger partial charge in [0.15, 0.2) is 5.76 Å². The quantitative estimate of drug-likeness (QED) is 0.821. The van der Waals surface area contributed by atoms with Crippen LogP contribution in [0.5, 0.6) is 0 Å². The van der Waals surface area contributed by atoms with Gasteiger partial charge in [-0.2, -0.15) is 0 Å². The Labute approximate surface area is 142 Å². The number of benzene rings is 1. The number of nitrogens with zero attached hydrogens (tertiary/aromatic N) is 1. The number of para-hydroxylation sites is 1. The number of carbonyl (C=O) groups excluding carboxylic acids is 1. The van der Waals surface area contributed by atoms with E-state index in [1.807, 2.05) is 31.2 Å². The molecule has 3 rings (SSSR count). The van der Waals surface area contributed by atoms with Gasteiger partial charge in [0.1, 0.15) is 5.58 Å². The Bertz CT molecular complexity index is 650. The number of piperazine rings is 1. The highest BCUT2D eigenvalue weighted by molar-refractivity contribution is 5.98. The molecule has 1 aromatic heterocycles. The lowest BCUT2D eigenvalue weighted by Crippen LogP contribution is -2.44. The lowest BCUT2D eigenvalue weighted by Gasteiger charge is -2.26. The fourth-order valence-corrected chi connectivity index (χ4v) is 2.91. The molecular formula is C17H24ClN3O2. The molecule has 126 valence electrons. The minimum absolute atomic E-state index is 0. The van der Waals surface area contributed by atoms with Crippen LogP contribution in [0.4, 0.5) is 0 Å². The number of carbonyl (C=O) groups is 1. The monoisotopic (exact) mass is 337 g/mol. The van der Waals surface area contributed by atoms with Gasteiger partial charge in [0.25, 0.3) is 5.91 Å². The third-order valence-corrected chi connectivity index (χ3v) is 4.20. The van der Waals surface area contributed by atoms with Crippen molar-refractivity contribution in [3.8, 4) is 0 Å². The van der Waals surface area contributed by atoms with Crippen LogP contribution in [0.25, 0.3) is 11.0 Å². The summed E-state index contributed by atoms with van der Waals surface area (Å²) in [7, 11) is 0. The zero-order valence-electron chi connectivity index (χ0n) is 13.4. The Morgan fingerprint density at radius 1 is 1.30 bits per heavy atom. The van der Waals surface area contributed by atoms with Crippen LogP contribution < -0.4 is 10.6 Å². The first-order valence-corrected chi connectivity index (χ1v) is 7.95. The van der Waals surface area contributed by atoms with E-state index in [0.29, 0.717) is 12.3 Å². The van der Waals surface area contributed by atoms with Crippen molar-refractivity contribution in [2.75, 3.05) is 39.3 Å². The number of amides is 1. The van der Waals surface area contributed by atoms with Gasteiger partial charge in [-0.15, -0.1) is 12.4 Å². The Morgan fingerprint density at radius 2 is 2.04 bits per heavy atom. The maximum atomic E-state index is 12.3. The summed E-state index contributed by atoms with van der Waals surface area (Å²) in [5.74, 6) is 0.317. The van der Waals surface area contributed by atoms with E-state index in [0.717, 1.165) is 55.7 Å². The minimum atomic E-state index is -0.117. The molecule has 1 aromatic carbocycles. The van der Waals surface area contributed by atoms with Gasteiger partial charge in [-0.3, -0.25) is 4.79 Å². The topological polar surface area (TPSA) is 57.5 Å². The summed E-state index contributed by atoms with van der Waals surface area (Å²) in [4.78, 5) is 14.7. The van der Waals surface area contributed by atoms with E-state index >= 15 is 0 Å². The number of furan rings is 1. The second kappa shape index (κ2) is 8.34. The van der Waals surface area contributed by atoms with Crippen molar-refractivity contribution in [3.05, 3.63) is 35.6 Å². The standard InChI is InChI=1S/C17H23N3O2.ClH/c1-13-14-5-2-3-6-15(14)22-16(13)17(21)19-7-4-10-20-11-8-18-9-12-20;/h2-3,5-6,18H,4,7-12H2,1H3,(H,19,21);1H. The molecular weight excluding hydrogens is 314 g/mol. The Balaban J connectivity index is 0.00000192. The van der Waals surface area contributed by atoms with E-state index in [9.17, 15) is 4.79 Å². The fourth-order valence-electron chi connectivity index (χ4n) is 2.91. The van der Waals surface area contributed by atoms with Crippen molar-refractivity contribution in [2.24, 2.45) is 0 Å². The molecule has 0 radical (unpaired) electrons. The van der Waals surface area contributed by atoms with Crippen LogP contribution in [0, 0.1) is 6.92 Å². The Hall–Kier alpha value is -1.56. The normalized spacial score (nSPS) is 15.3. The van der Waals surface area contributed by atoms with Crippen LogP contribution in [0.1, 0.15) is 22.5 Å². The average molecular weight is 338 g/mol. The molecule has 0 unspecified atom stereocenters. The molecule has 1 amide bonds. The predicted octanol–water partition coefficient (Wildman–Crippen LogP) is 2.19. The molecule has 6 heteroatoms. The van der Waals surface area contributed by atoms with Crippen molar-refractivity contribution in [1.82, 2.24) is 15.5 Å². The summed E-state index contributed by atoms with van der Waals surface area (Å²) in [5, 5.41) is 7.31. The maximum absolute atomic E-state index is 12.3. The average Bonchev–Trinajstić information content (AvgIpc) is 2.90. The van der Waals surface area contributed by atoms with Gasteiger partial charge in [-0.05, 0) is 26.0 Å². The summed E-state index contributed by atoms with van der Waals surface area (Å²) in [5.41, 5.74) is 1.68. The van der Waals surface area contributed by atoms with Crippen LogP contribution in [-0.2, 0) is 0 Å². The van der Waals surface area contributed by atoms with E-state index in [2.05, 4.69) is 15.5 Å². The number of hydrogen-bond acceptors (Lipinski definition) is 4. The third-order valence-electron chi connectivity index (χ3n) is 4.20. The number of hydrogen-bond donors (Lipinski definition) is 2. The molecule has 2 N–H and O–H groups in total. The number of nitrogens with one attached hydrogen (secondary N) is 2. The molecule has 2 heterocycles. The number of halogens is 1. The van der Waals surface area contributed by atoms with Gasteiger partial charge in [-0.1, -0.05) is 18.2 Å². The van der Waals surface area contributed by atoms with E-state index in [-0.39, 0.29) is 18.3 Å². The Morgan fingerprint density at radius 3 is 2.78 bits per heavy atom. The zero-order valence-corrected chi connectivity index (χ0v) is 14.2. The summed E-state index contributed by atoms with van der Waals surface area (Å²) < 4.78 is 5.68. The van der Waals surface area contributed by atoms with Gasteiger partial charge < -0.3 is 20.0 Å². The molecule has 23 heavy (non-hydrogen) atoms. The molecule has 1 fully saturated rings. The van der Waals surface area contributed by atoms with Gasteiger partial charge >= 0.3 is 0 Å². The lowest BCUT2D eigenvalue weighted by atomic mass is 10.1. The second-order valence-electron chi connectivity index (χ2n) is 5.75. The first-order valence-electron chi connectivity index (χ1n) is 7.95. The largest absolute Gasteiger partial charge is 0.451 e. The van der Waals surface area contributed by atoms with Crippen molar-refractivity contribution < 1.29 is 9.21 Å². The molecule has 0 bridgehead atoms. The number of fused-ring (bicyclic) bond motifs is 1. The molecule has 0 spiro atoms. The van der Waals surface area contributed by atoms with E-state index in [1.165, 1.54) is 0 Å². The third kappa shape index (κ3) is 4.25. The summed E-state index contributed by atoms with van der Waals surface area (Å²) in [6.07, 6.45) is 0.963. The van der Waals surface area contributed by atoms with E-state index < -0.39 is 0 Å². The first kappa shape index (κ1) is 17.8. The molecule has 0 saturated carbocycles. The predicted molar refractivity (Wildman–Crippen MR) is 94.5 cm³/mol. The number of rotatable bonds is 5. The SMILES string of the molecule is Cc1c(C(=O)NCCCN2CCNCC2)oc2ccccc12.Cl. The maximum Gasteiger partial charge on any atom is 0.287 e. The summed E-state index contributed by atoms with van der Waals surface area (Å²) in [6, 6.07) is 7.75. The molecule has 5 nitrogen and oxygen atoms in total. The molecule has 1 aliphatic rings. The van der Waals surface area contributed by atoms with E-state index in [4.69, 9.17) is 4.42 Å². The highest BCUT2D eigenvalue weighted by Gasteiger charge is 2.17. The van der Waals surface area contributed by atoms with E-state index in [1.54, 1.807) is 0 Å². The van der Waals surface area contributed by atoms with Crippen LogP contribution in [0.15, 0.2) is 28.7 Å². The first-order chi connectivity index (χ1) is 10.8. The minimum Gasteiger partial charge on any atom is -0.451 e. The fraction of sp³-hybridized carbons (Fsp3) is 0.471.